The Morgan fingerprint density at radius 2 is 2.11 bits per heavy atom. The van der Waals surface area contributed by atoms with Crippen LogP contribution in [0.1, 0.15) is 56.4 Å². The largest absolute Gasteiger partial charge is 0.376 e. The van der Waals surface area contributed by atoms with Crippen LogP contribution in [0.15, 0.2) is 12.1 Å². The number of hydrogen-bond acceptors (Lipinski definition) is 3. The van der Waals surface area contributed by atoms with Gasteiger partial charge in [0, 0.05) is 12.0 Å². The summed E-state index contributed by atoms with van der Waals surface area (Å²) in [4.78, 5) is 1.31. The number of hydrogen-bond donors (Lipinski definition) is 1. The Morgan fingerprint density at radius 3 is 2.63 bits per heavy atom. The lowest BCUT2D eigenvalue weighted by molar-refractivity contribution is -0.0678. The normalized spacial score (nSPS) is 20.4. The fraction of sp³-hybridized carbons (Fsp3) is 0.733. The van der Waals surface area contributed by atoms with Gasteiger partial charge in [-0.25, -0.2) is 0 Å². The monoisotopic (exact) mass is 301 g/mol. The van der Waals surface area contributed by atoms with Crippen LogP contribution in [-0.4, -0.2) is 19.3 Å². The molecular weight excluding hydrogens is 278 g/mol. The molecule has 1 aliphatic rings. The summed E-state index contributed by atoms with van der Waals surface area (Å²) >= 11 is 7.79. The quantitative estimate of drug-likeness (QED) is 0.815. The second-order valence-corrected chi connectivity index (χ2v) is 7.11. The number of methoxy groups -OCH3 is 1. The Hall–Kier alpha value is -0.0900. The molecule has 1 fully saturated rings. The highest BCUT2D eigenvalue weighted by atomic mass is 35.5. The number of thiophene rings is 1. The van der Waals surface area contributed by atoms with Crippen molar-refractivity contribution in [1.29, 1.82) is 0 Å². The molecule has 0 saturated heterocycles. The van der Waals surface area contributed by atoms with Gasteiger partial charge in [-0.05, 0) is 37.9 Å². The first-order chi connectivity index (χ1) is 9.22. The molecule has 108 valence electrons. The molecule has 2 nitrogen and oxygen atoms in total. The fourth-order valence-corrected chi connectivity index (χ4v) is 4.32. The molecule has 0 radical (unpaired) electrons. The first kappa shape index (κ1) is 15.3. The van der Waals surface area contributed by atoms with Gasteiger partial charge in [-0.1, -0.05) is 37.8 Å². The molecule has 0 aliphatic heterocycles. The van der Waals surface area contributed by atoms with Crippen molar-refractivity contribution in [2.45, 2.75) is 57.1 Å². The summed E-state index contributed by atoms with van der Waals surface area (Å²) < 4.78 is 6.86. The van der Waals surface area contributed by atoms with E-state index in [0.717, 1.165) is 30.1 Å². The lowest BCUT2D eigenvalue weighted by Crippen LogP contribution is -2.46. The highest BCUT2D eigenvalue weighted by Crippen LogP contribution is 2.43. The molecule has 1 atom stereocenters. The van der Waals surface area contributed by atoms with Crippen LogP contribution in [0.2, 0.25) is 4.34 Å². The van der Waals surface area contributed by atoms with Gasteiger partial charge < -0.3 is 10.1 Å². The smallest absolute Gasteiger partial charge is 0.0931 e. The summed E-state index contributed by atoms with van der Waals surface area (Å²) in [7, 11) is 1.86. The van der Waals surface area contributed by atoms with E-state index in [1.807, 2.05) is 13.2 Å². The van der Waals surface area contributed by atoms with Gasteiger partial charge in [0.2, 0.25) is 0 Å². The first-order valence-corrected chi connectivity index (χ1v) is 8.45. The minimum atomic E-state index is -0.0540. The topological polar surface area (TPSA) is 21.3 Å². The summed E-state index contributed by atoms with van der Waals surface area (Å²) in [5, 5.41) is 3.69. The second-order valence-electron chi connectivity index (χ2n) is 5.36. The SMILES string of the molecule is CCCNC(c1ccc(Cl)s1)C1(OC)CCCCC1. The third-order valence-corrected chi connectivity index (χ3v) is 5.41. The van der Waals surface area contributed by atoms with Gasteiger partial charge in [-0.3, -0.25) is 0 Å². The van der Waals surface area contributed by atoms with E-state index in [-0.39, 0.29) is 11.6 Å². The van der Waals surface area contributed by atoms with Crippen molar-refractivity contribution in [2.24, 2.45) is 0 Å². The van der Waals surface area contributed by atoms with Crippen LogP contribution in [0.25, 0.3) is 0 Å². The van der Waals surface area contributed by atoms with Crippen molar-refractivity contribution in [3.8, 4) is 0 Å². The maximum Gasteiger partial charge on any atom is 0.0931 e. The molecule has 2 rings (SSSR count). The molecule has 0 aromatic carbocycles. The summed E-state index contributed by atoms with van der Waals surface area (Å²) in [6.07, 6.45) is 7.27. The average molecular weight is 302 g/mol. The molecule has 1 unspecified atom stereocenters. The summed E-state index contributed by atoms with van der Waals surface area (Å²) in [6.45, 7) is 3.22. The average Bonchev–Trinajstić information content (AvgIpc) is 2.86. The van der Waals surface area contributed by atoms with E-state index in [9.17, 15) is 0 Å². The highest BCUT2D eigenvalue weighted by molar-refractivity contribution is 7.16. The molecule has 1 aromatic heterocycles. The van der Waals surface area contributed by atoms with Crippen LogP contribution in [0, 0.1) is 0 Å². The number of halogens is 1. The van der Waals surface area contributed by atoms with Crippen LogP contribution in [0.3, 0.4) is 0 Å². The Balaban J connectivity index is 2.24. The van der Waals surface area contributed by atoms with Crippen molar-refractivity contribution in [1.82, 2.24) is 5.32 Å². The van der Waals surface area contributed by atoms with Crippen LogP contribution in [-0.2, 0) is 4.74 Å². The minimum absolute atomic E-state index is 0.0540. The van der Waals surface area contributed by atoms with E-state index in [0.29, 0.717) is 0 Å². The van der Waals surface area contributed by atoms with Gasteiger partial charge in [0.1, 0.15) is 0 Å². The van der Waals surface area contributed by atoms with Gasteiger partial charge in [-0.15, -0.1) is 11.3 Å². The molecule has 1 heterocycles. The third kappa shape index (κ3) is 3.52. The predicted molar refractivity (Wildman–Crippen MR) is 83.2 cm³/mol. The fourth-order valence-electron chi connectivity index (χ4n) is 3.08. The standard InChI is InChI=1S/C15H24ClNOS/c1-3-11-17-14(12-7-8-13(16)19-12)15(18-2)9-5-4-6-10-15/h7-8,14,17H,3-6,9-11H2,1-2H3. The lowest BCUT2D eigenvalue weighted by Gasteiger charge is -2.42. The van der Waals surface area contributed by atoms with Crippen molar-refractivity contribution in [3.63, 3.8) is 0 Å². The lowest BCUT2D eigenvalue weighted by atomic mass is 9.78. The molecule has 4 heteroatoms. The maximum absolute atomic E-state index is 6.12. The zero-order valence-electron chi connectivity index (χ0n) is 11.9. The van der Waals surface area contributed by atoms with E-state index in [1.54, 1.807) is 11.3 Å². The molecule has 0 spiro atoms. The Labute approximate surface area is 125 Å². The summed E-state index contributed by atoms with van der Waals surface area (Å²) in [5.74, 6) is 0. The number of ether oxygens (including phenoxy) is 1. The van der Waals surface area contributed by atoms with Gasteiger partial charge >= 0.3 is 0 Å². The molecule has 1 N–H and O–H groups in total. The molecule has 0 amide bonds. The van der Waals surface area contributed by atoms with Gasteiger partial charge in [0.15, 0.2) is 0 Å². The van der Waals surface area contributed by atoms with Gasteiger partial charge in [0.25, 0.3) is 0 Å². The highest BCUT2D eigenvalue weighted by Gasteiger charge is 2.41. The van der Waals surface area contributed by atoms with Gasteiger partial charge in [0.05, 0.1) is 16.0 Å². The Morgan fingerprint density at radius 1 is 1.37 bits per heavy atom. The van der Waals surface area contributed by atoms with Crippen LogP contribution in [0.5, 0.6) is 0 Å². The third-order valence-electron chi connectivity index (χ3n) is 4.11. The number of nitrogens with one attached hydrogen (secondary N) is 1. The van der Waals surface area contributed by atoms with E-state index < -0.39 is 0 Å². The maximum atomic E-state index is 6.12. The summed E-state index contributed by atoms with van der Waals surface area (Å²) in [5.41, 5.74) is -0.0540. The van der Waals surface area contributed by atoms with Crippen molar-refractivity contribution in [3.05, 3.63) is 21.3 Å². The number of rotatable bonds is 6. The van der Waals surface area contributed by atoms with Crippen molar-refractivity contribution in [2.75, 3.05) is 13.7 Å². The van der Waals surface area contributed by atoms with E-state index >= 15 is 0 Å². The Kier molecular flexibility index (Phi) is 5.70. The molecule has 1 saturated carbocycles. The molecule has 1 aromatic rings. The molecule has 0 bridgehead atoms. The van der Waals surface area contributed by atoms with Gasteiger partial charge in [-0.2, -0.15) is 0 Å². The predicted octanol–water partition coefficient (Wildman–Crippen LogP) is 4.79. The molecule has 19 heavy (non-hydrogen) atoms. The summed E-state index contributed by atoms with van der Waals surface area (Å²) in [6, 6.07) is 4.42. The van der Waals surface area contributed by atoms with E-state index in [2.05, 4.69) is 18.3 Å². The van der Waals surface area contributed by atoms with Crippen molar-refractivity contribution >= 4 is 22.9 Å². The molecule has 1 aliphatic carbocycles. The first-order valence-electron chi connectivity index (χ1n) is 7.25. The van der Waals surface area contributed by atoms with Crippen molar-refractivity contribution < 1.29 is 4.74 Å². The second kappa shape index (κ2) is 7.07. The zero-order valence-corrected chi connectivity index (χ0v) is 13.4. The zero-order chi connectivity index (χ0) is 13.7. The van der Waals surface area contributed by atoms with Crippen LogP contribution in [0.4, 0.5) is 0 Å². The van der Waals surface area contributed by atoms with E-state index in [4.69, 9.17) is 16.3 Å². The van der Waals surface area contributed by atoms with Crippen LogP contribution >= 0.6 is 22.9 Å². The minimum Gasteiger partial charge on any atom is -0.376 e. The molecular formula is C15H24ClNOS. The van der Waals surface area contributed by atoms with E-state index in [1.165, 1.54) is 24.1 Å². The Bertz CT molecular complexity index is 387. The van der Waals surface area contributed by atoms with Crippen LogP contribution < -0.4 is 5.32 Å².